The van der Waals surface area contributed by atoms with E-state index in [0.717, 1.165) is 22.6 Å². The maximum Gasteiger partial charge on any atom is 0.237 e. The van der Waals surface area contributed by atoms with Crippen LogP contribution in [-0.4, -0.2) is 28.4 Å². The fourth-order valence-corrected chi connectivity index (χ4v) is 3.16. The van der Waals surface area contributed by atoms with Gasteiger partial charge in [0.1, 0.15) is 5.75 Å². The number of anilines is 1. The lowest BCUT2D eigenvalue weighted by Crippen LogP contribution is -2.22. The molecule has 3 aromatic rings. The molecule has 27 heavy (non-hydrogen) atoms. The molecule has 2 aromatic carbocycles. The van der Waals surface area contributed by atoms with Crippen LogP contribution in [0.5, 0.6) is 5.75 Å². The Morgan fingerprint density at radius 1 is 1.22 bits per heavy atom. The lowest BCUT2D eigenvalue weighted by molar-refractivity contribution is -0.115. The van der Waals surface area contributed by atoms with Crippen LogP contribution in [0.1, 0.15) is 18.4 Å². The number of carbonyl (C=O) groups excluding carboxylic acids is 1. The molecule has 0 saturated carbocycles. The standard InChI is InChI=1S/C20H21N3O3S/c1-13-6-4-5-7-17(13)19-22-18(26-23-19)12-27-14(2)20(24)21-15-8-10-16(25-3)11-9-15/h4-11,14H,12H2,1-3H3,(H,21,24)/t14-/m0/s1. The summed E-state index contributed by atoms with van der Waals surface area (Å²) in [4.78, 5) is 16.8. The zero-order valence-electron chi connectivity index (χ0n) is 15.4. The molecule has 0 radical (unpaired) electrons. The number of benzene rings is 2. The van der Waals surface area contributed by atoms with E-state index in [4.69, 9.17) is 9.26 Å². The van der Waals surface area contributed by atoms with Crippen molar-refractivity contribution in [2.75, 3.05) is 12.4 Å². The third-order valence-corrected chi connectivity index (χ3v) is 5.17. The number of carbonyl (C=O) groups is 1. The summed E-state index contributed by atoms with van der Waals surface area (Å²) in [6, 6.07) is 15.1. The average Bonchev–Trinajstić information content (AvgIpc) is 3.15. The Kier molecular flexibility index (Phi) is 6.13. The molecule has 1 N–H and O–H groups in total. The Labute approximate surface area is 162 Å². The van der Waals surface area contributed by atoms with Crippen LogP contribution in [0.25, 0.3) is 11.4 Å². The summed E-state index contributed by atoms with van der Waals surface area (Å²) in [6.45, 7) is 3.86. The zero-order chi connectivity index (χ0) is 19.2. The maximum atomic E-state index is 12.3. The number of methoxy groups -OCH3 is 1. The van der Waals surface area contributed by atoms with Gasteiger partial charge in [-0.3, -0.25) is 4.79 Å². The number of hydrogen-bond donors (Lipinski definition) is 1. The molecule has 1 amide bonds. The third-order valence-electron chi connectivity index (χ3n) is 4.04. The molecule has 0 aliphatic rings. The van der Waals surface area contributed by atoms with Crippen LogP contribution in [0.2, 0.25) is 0 Å². The van der Waals surface area contributed by atoms with Crippen LogP contribution in [0, 0.1) is 6.92 Å². The zero-order valence-corrected chi connectivity index (χ0v) is 16.2. The van der Waals surface area contributed by atoms with Crippen molar-refractivity contribution in [2.24, 2.45) is 0 Å². The molecular formula is C20H21N3O3S. The Hall–Kier alpha value is -2.80. The molecule has 6 nitrogen and oxygen atoms in total. The topological polar surface area (TPSA) is 77.2 Å². The largest absolute Gasteiger partial charge is 0.497 e. The Bertz CT molecular complexity index is 909. The van der Waals surface area contributed by atoms with E-state index >= 15 is 0 Å². The third kappa shape index (κ3) is 4.89. The van der Waals surface area contributed by atoms with E-state index in [2.05, 4.69) is 15.5 Å². The first-order valence-electron chi connectivity index (χ1n) is 8.52. The molecule has 0 fully saturated rings. The highest BCUT2D eigenvalue weighted by Crippen LogP contribution is 2.23. The summed E-state index contributed by atoms with van der Waals surface area (Å²) >= 11 is 1.44. The van der Waals surface area contributed by atoms with Gasteiger partial charge in [0.2, 0.25) is 17.6 Å². The summed E-state index contributed by atoms with van der Waals surface area (Å²) in [6.07, 6.45) is 0. The number of aryl methyl sites for hydroxylation is 1. The summed E-state index contributed by atoms with van der Waals surface area (Å²) in [7, 11) is 1.61. The van der Waals surface area contributed by atoms with Crippen molar-refractivity contribution in [3.63, 3.8) is 0 Å². The monoisotopic (exact) mass is 383 g/mol. The number of rotatable bonds is 7. The van der Waals surface area contributed by atoms with Crippen molar-refractivity contribution >= 4 is 23.4 Å². The first-order valence-corrected chi connectivity index (χ1v) is 9.57. The minimum absolute atomic E-state index is 0.0798. The summed E-state index contributed by atoms with van der Waals surface area (Å²) < 4.78 is 10.4. The normalized spacial score (nSPS) is 11.8. The number of thioether (sulfide) groups is 1. The molecule has 1 heterocycles. The smallest absolute Gasteiger partial charge is 0.237 e. The van der Waals surface area contributed by atoms with Crippen molar-refractivity contribution in [1.29, 1.82) is 0 Å². The van der Waals surface area contributed by atoms with E-state index < -0.39 is 0 Å². The van der Waals surface area contributed by atoms with Gasteiger partial charge in [-0.15, -0.1) is 11.8 Å². The molecule has 0 unspecified atom stereocenters. The van der Waals surface area contributed by atoms with E-state index in [1.165, 1.54) is 11.8 Å². The van der Waals surface area contributed by atoms with Crippen LogP contribution < -0.4 is 10.1 Å². The average molecular weight is 383 g/mol. The van der Waals surface area contributed by atoms with E-state index in [1.54, 1.807) is 31.4 Å². The Morgan fingerprint density at radius 2 is 1.96 bits per heavy atom. The van der Waals surface area contributed by atoms with Crippen LogP contribution in [0.4, 0.5) is 5.69 Å². The number of nitrogens with zero attached hydrogens (tertiary/aromatic N) is 2. The van der Waals surface area contributed by atoms with E-state index in [1.807, 2.05) is 38.1 Å². The highest BCUT2D eigenvalue weighted by molar-refractivity contribution is 7.99. The molecule has 0 bridgehead atoms. The van der Waals surface area contributed by atoms with Crippen LogP contribution in [0.3, 0.4) is 0 Å². The van der Waals surface area contributed by atoms with Gasteiger partial charge in [0.25, 0.3) is 0 Å². The van der Waals surface area contributed by atoms with Gasteiger partial charge in [-0.1, -0.05) is 29.4 Å². The number of aromatic nitrogens is 2. The molecule has 3 rings (SSSR count). The number of nitrogens with one attached hydrogen (secondary N) is 1. The first-order chi connectivity index (χ1) is 13.1. The molecule has 0 aliphatic carbocycles. The van der Waals surface area contributed by atoms with Crippen molar-refractivity contribution in [2.45, 2.75) is 24.9 Å². The first kappa shape index (κ1) is 19.0. The fourth-order valence-electron chi connectivity index (χ4n) is 2.44. The summed E-state index contributed by atoms with van der Waals surface area (Å²) in [5.41, 5.74) is 2.76. The molecule has 1 atom stereocenters. The van der Waals surface area contributed by atoms with Crippen molar-refractivity contribution < 1.29 is 14.1 Å². The number of hydrogen-bond acceptors (Lipinski definition) is 6. The van der Waals surface area contributed by atoms with Crippen molar-refractivity contribution in [3.8, 4) is 17.1 Å². The second-order valence-electron chi connectivity index (χ2n) is 6.00. The van der Waals surface area contributed by atoms with Gasteiger partial charge in [-0.2, -0.15) is 4.98 Å². The fraction of sp³-hybridized carbons (Fsp3) is 0.250. The predicted molar refractivity (Wildman–Crippen MR) is 107 cm³/mol. The molecule has 140 valence electrons. The molecule has 0 spiro atoms. The van der Waals surface area contributed by atoms with Crippen molar-refractivity contribution in [1.82, 2.24) is 10.1 Å². The SMILES string of the molecule is COc1ccc(NC(=O)[C@H](C)SCc2nc(-c3ccccc3C)no2)cc1. The molecule has 0 aliphatic heterocycles. The Balaban J connectivity index is 1.55. The number of ether oxygens (including phenoxy) is 1. The predicted octanol–water partition coefficient (Wildman–Crippen LogP) is 4.31. The second kappa shape index (κ2) is 8.73. The minimum atomic E-state index is -0.263. The summed E-state index contributed by atoms with van der Waals surface area (Å²) in [5.74, 6) is 2.21. The van der Waals surface area contributed by atoms with Crippen LogP contribution in [-0.2, 0) is 10.5 Å². The van der Waals surface area contributed by atoms with Gasteiger partial charge in [0.15, 0.2) is 0 Å². The second-order valence-corrected chi connectivity index (χ2v) is 7.33. The Morgan fingerprint density at radius 3 is 2.67 bits per heavy atom. The minimum Gasteiger partial charge on any atom is -0.497 e. The van der Waals surface area contributed by atoms with E-state index in [0.29, 0.717) is 17.5 Å². The van der Waals surface area contributed by atoms with Gasteiger partial charge in [0, 0.05) is 11.3 Å². The van der Waals surface area contributed by atoms with Gasteiger partial charge in [-0.25, -0.2) is 0 Å². The number of amides is 1. The van der Waals surface area contributed by atoms with Gasteiger partial charge in [0.05, 0.1) is 18.1 Å². The quantitative estimate of drug-likeness (QED) is 0.655. The van der Waals surface area contributed by atoms with Gasteiger partial charge in [-0.05, 0) is 43.7 Å². The highest BCUT2D eigenvalue weighted by Gasteiger charge is 2.17. The van der Waals surface area contributed by atoms with Crippen LogP contribution in [0.15, 0.2) is 53.1 Å². The van der Waals surface area contributed by atoms with Crippen molar-refractivity contribution in [3.05, 3.63) is 60.0 Å². The van der Waals surface area contributed by atoms with Gasteiger partial charge >= 0.3 is 0 Å². The summed E-state index contributed by atoms with van der Waals surface area (Å²) in [5, 5.41) is 6.67. The molecule has 0 saturated heterocycles. The van der Waals surface area contributed by atoms with Gasteiger partial charge < -0.3 is 14.6 Å². The van der Waals surface area contributed by atoms with E-state index in [-0.39, 0.29) is 11.2 Å². The van der Waals surface area contributed by atoms with E-state index in [9.17, 15) is 4.79 Å². The lowest BCUT2D eigenvalue weighted by Gasteiger charge is -2.11. The highest BCUT2D eigenvalue weighted by atomic mass is 32.2. The molecule has 7 heteroatoms. The maximum absolute atomic E-state index is 12.3. The molecular weight excluding hydrogens is 362 g/mol. The van der Waals surface area contributed by atoms with Crippen LogP contribution >= 0.6 is 11.8 Å². The lowest BCUT2D eigenvalue weighted by atomic mass is 10.1. The molecule has 1 aromatic heterocycles.